The Morgan fingerprint density at radius 1 is 0.419 bits per heavy atom. The lowest BCUT2D eigenvalue weighted by atomic mass is 10.1. The molecule has 0 bridgehead atoms. The van der Waals surface area contributed by atoms with Crippen molar-refractivity contribution < 1.29 is 29.3 Å². The van der Waals surface area contributed by atoms with Crippen molar-refractivity contribution in [3.8, 4) is 0 Å². The van der Waals surface area contributed by atoms with E-state index in [1.165, 1.54) is 51.4 Å². The van der Waals surface area contributed by atoms with Gasteiger partial charge in [0.25, 0.3) is 0 Å². The van der Waals surface area contributed by atoms with Crippen LogP contribution in [0.1, 0.15) is 128 Å². The molecule has 0 atom stereocenters. The first-order chi connectivity index (χ1) is 15.2. The van der Waals surface area contributed by atoms with E-state index in [0.29, 0.717) is 26.1 Å². The summed E-state index contributed by atoms with van der Waals surface area (Å²) >= 11 is 0. The summed E-state index contributed by atoms with van der Waals surface area (Å²) in [5.41, 5.74) is 0. The number of unbranched alkanes of at least 4 members (excludes halogenated alkanes) is 16. The number of esters is 2. The monoisotopic (exact) mass is 444 g/mol. The highest BCUT2D eigenvalue weighted by molar-refractivity contribution is 5.70. The molecule has 0 fully saturated rings. The number of ether oxygens (including phenoxy) is 2. The molecular weight excluding hydrogens is 396 g/mol. The second-order valence-corrected chi connectivity index (χ2v) is 8.46. The van der Waals surface area contributed by atoms with Gasteiger partial charge < -0.3 is 19.7 Å². The molecule has 0 aromatic carbocycles. The molecule has 0 amide bonds. The van der Waals surface area contributed by atoms with E-state index in [1.807, 2.05) is 0 Å². The lowest BCUT2D eigenvalue weighted by Gasteiger charge is -2.07. The maximum absolute atomic E-state index is 11.7. The first-order valence-corrected chi connectivity index (χ1v) is 12.7. The molecule has 0 aromatic heterocycles. The van der Waals surface area contributed by atoms with Crippen LogP contribution in [-0.2, 0) is 19.1 Å². The summed E-state index contributed by atoms with van der Waals surface area (Å²) in [7, 11) is 0. The lowest BCUT2D eigenvalue weighted by Crippen LogP contribution is -2.12. The Bertz CT molecular complexity index is 363. The Morgan fingerprint density at radius 2 is 0.677 bits per heavy atom. The highest BCUT2D eigenvalue weighted by Gasteiger charge is 2.06. The first kappa shape index (κ1) is 29.9. The molecular formula is C25H48O6. The molecule has 0 unspecified atom stereocenters. The van der Waals surface area contributed by atoms with Gasteiger partial charge in [-0.2, -0.15) is 0 Å². The summed E-state index contributed by atoms with van der Waals surface area (Å²) in [5.74, 6) is -0.591. The second kappa shape index (κ2) is 25.1. The van der Waals surface area contributed by atoms with Crippen LogP contribution in [0.3, 0.4) is 0 Å². The van der Waals surface area contributed by atoms with Crippen molar-refractivity contribution in [1.29, 1.82) is 0 Å². The summed E-state index contributed by atoms with van der Waals surface area (Å²) in [6, 6.07) is 0. The summed E-state index contributed by atoms with van der Waals surface area (Å²) in [6.45, 7) is 0.326. The van der Waals surface area contributed by atoms with Crippen molar-refractivity contribution in [2.24, 2.45) is 0 Å². The first-order valence-electron chi connectivity index (χ1n) is 12.7. The number of aliphatic hydroxyl groups is 2. The Morgan fingerprint density at radius 3 is 0.968 bits per heavy atom. The van der Waals surface area contributed by atoms with Crippen LogP contribution in [0.25, 0.3) is 0 Å². The number of hydrogen-bond donors (Lipinski definition) is 2. The maximum Gasteiger partial charge on any atom is 0.308 e. The third-order valence-corrected chi connectivity index (χ3v) is 5.52. The average Bonchev–Trinajstić information content (AvgIpc) is 2.76. The van der Waals surface area contributed by atoms with E-state index in [0.717, 1.165) is 64.2 Å². The van der Waals surface area contributed by atoms with Crippen molar-refractivity contribution in [3.05, 3.63) is 0 Å². The highest BCUT2D eigenvalue weighted by atomic mass is 16.7. The fourth-order valence-electron chi connectivity index (χ4n) is 3.54. The third kappa shape index (κ3) is 25.0. The van der Waals surface area contributed by atoms with Gasteiger partial charge in [0, 0.05) is 26.1 Å². The SMILES string of the molecule is O=C(CCCCCCCCCCCO)OCOC(=O)CCCCCCCCCCCO. The van der Waals surface area contributed by atoms with Crippen molar-refractivity contribution in [2.45, 2.75) is 128 Å². The predicted octanol–water partition coefficient (Wildman–Crippen LogP) is 5.82. The average molecular weight is 445 g/mol. The fourth-order valence-corrected chi connectivity index (χ4v) is 3.54. The Labute approximate surface area is 190 Å². The summed E-state index contributed by atoms with van der Waals surface area (Å²) in [5, 5.41) is 17.4. The minimum Gasteiger partial charge on any atom is -0.428 e. The van der Waals surface area contributed by atoms with E-state index in [1.54, 1.807) is 0 Å². The number of hydrogen-bond acceptors (Lipinski definition) is 6. The van der Waals surface area contributed by atoms with Gasteiger partial charge in [0.05, 0.1) is 0 Å². The molecule has 184 valence electrons. The molecule has 0 aliphatic carbocycles. The summed E-state index contributed by atoms with van der Waals surface area (Å²) in [6.07, 6.45) is 20.4. The highest BCUT2D eigenvalue weighted by Crippen LogP contribution is 2.12. The molecule has 2 N–H and O–H groups in total. The molecule has 0 heterocycles. The van der Waals surface area contributed by atoms with Crippen molar-refractivity contribution in [1.82, 2.24) is 0 Å². The minimum atomic E-state index is -0.296. The van der Waals surface area contributed by atoms with E-state index in [9.17, 15) is 9.59 Å². The second-order valence-electron chi connectivity index (χ2n) is 8.46. The molecule has 6 heteroatoms. The largest absolute Gasteiger partial charge is 0.428 e. The zero-order chi connectivity index (χ0) is 22.8. The fraction of sp³-hybridized carbons (Fsp3) is 0.920. The maximum atomic E-state index is 11.7. The molecule has 0 saturated carbocycles. The number of rotatable bonds is 24. The van der Waals surface area contributed by atoms with Crippen LogP contribution in [-0.4, -0.2) is 42.2 Å². The summed E-state index contributed by atoms with van der Waals surface area (Å²) < 4.78 is 9.95. The Kier molecular flexibility index (Phi) is 24.2. The standard InChI is InChI=1S/C25H48O6/c26-21-17-13-9-5-1-3-7-11-15-19-24(28)30-23-31-25(29)20-16-12-8-4-2-6-10-14-18-22-27/h26-27H,1-23H2. The van der Waals surface area contributed by atoms with Crippen LogP contribution in [0.15, 0.2) is 0 Å². The van der Waals surface area contributed by atoms with Gasteiger partial charge in [-0.15, -0.1) is 0 Å². The predicted molar refractivity (Wildman–Crippen MR) is 124 cm³/mol. The number of carbonyl (C=O) groups is 2. The van der Waals surface area contributed by atoms with E-state index in [4.69, 9.17) is 19.7 Å². The minimum absolute atomic E-state index is 0.265. The molecule has 0 aliphatic rings. The zero-order valence-corrected chi connectivity index (χ0v) is 19.8. The van der Waals surface area contributed by atoms with Gasteiger partial charge in [-0.05, 0) is 25.7 Å². The van der Waals surface area contributed by atoms with Crippen molar-refractivity contribution in [3.63, 3.8) is 0 Å². The van der Waals surface area contributed by atoms with Gasteiger partial charge in [-0.3, -0.25) is 9.59 Å². The van der Waals surface area contributed by atoms with Crippen LogP contribution in [0.4, 0.5) is 0 Å². The smallest absolute Gasteiger partial charge is 0.308 e. The molecule has 0 rings (SSSR count). The van der Waals surface area contributed by atoms with Gasteiger partial charge in [0.15, 0.2) is 0 Å². The molecule has 0 saturated heterocycles. The van der Waals surface area contributed by atoms with Crippen molar-refractivity contribution >= 4 is 11.9 Å². The summed E-state index contributed by atoms with van der Waals surface area (Å²) in [4.78, 5) is 23.3. The lowest BCUT2D eigenvalue weighted by molar-refractivity contribution is -0.167. The molecule has 0 spiro atoms. The van der Waals surface area contributed by atoms with E-state index < -0.39 is 0 Å². The topological polar surface area (TPSA) is 93.1 Å². The van der Waals surface area contributed by atoms with Crippen molar-refractivity contribution in [2.75, 3.05) is 20.0 Å². The third-order valence-electron chi connectivity index (χ3n) is 5.52. The van der Waals surface area contributed by atoms with Gasteiger partial charge in [-0.1, -0.05) is 89.9 Å². The molecule has 31 heavy (non-hydrogen) atoms. The van der Waals surface area contributed by atoms with Gasteiger partial charge >= 0.3 is 11.9 Å². The van der Waals surface area contributed by atoms with E-state index in [-0.39, 0.29) is 18.7 Å². The van der Waals surface area contributed by atoms with Gasteiger partial charge in [-0.25, -0.2) is 0 Å². The van der Waals surface area contributed by atoms with Crippen LogP contribution in [0.2, 0.25) is 0 Å². The normalized spacial score (nSPS) is 10.9. The van der Waals surface area contributed by atoms with Gasteiger partial charge in [0.1, 0.15) is 0 Å². The van der Waals surface area contributed by atoms with Crippen LogP contribution in [0.5, 0.6) is 0 Å². The molecule has 0 radical (unpaired) electrons. The van der Waals surface area contributed by atoms with E-state index >= 15 is 0 Å². The van der Waals surface area contributed by atoms with E-state index in [2.05, 4.69) is 0 Å². The number of carbonyl (C=O) groups excluding carboxylic acids is 2. The molecule has 0 aromatic rings. The molecule has 0 aliphatic heterocycles. The Balaban J connectivity index is 3.30. The Hall–Kier alpha value is -1.14. The number of aliphatic hydroxyl groups excluding tert-OH is 2. The molecule has 6 nitrogen and oxygen atoms in total. The van der Waals surface area contributed by atoms with Crippen LogP contribution < -0.4 is 0 Å². The quantitative estimate of drug-likeness (QED) is 0.111. The van der Waals surface area contributed by atoms with Crippen LogP contribution in [0, 0.1) is 0 Å². The van der Waals surface area contributed by atoms with Crippen LogP contribution >= 0.6 is 0 Å². The zero-order valence-electron chi connectivity index (χ0n) is 19.8. The van der Waals surface area contributed by atoms with Gasteiger partial charge in [0.2, 0.25) is 6.79 Å².